The Kier molecular flexibility index (Phi) is 2.86. The largest absolute Gasteiger partial charge is 0.508 e. The predicted octanol–water partition coefficient (Wildman–Crippen LogP) is 2.64. The van der Waals surface area contributed by atoms with Gasteiger partial charge >= 0.3 is 0 Å². The molecule has 1 saturated carbocycles. The van der Waals surface area contributed by atoms with Crippen LogP contribution in [0, 0.1) is 5.92 Å². The fraction of sp³-hybridized carbons (Fsp3) is 0.462. The Hall–Kier alpha value is -1.51. The van der Waals surface area contributed by atoms with E-state index in [0.29, 0.717) is 17.5 Å². The van der Waals surface area contributed by atoms with Gasteiger partial charge in [-0.25, -0.2) is 0 Å². The van der Waals surface area contributed by atoms with E-state index in [1.54, 1.807) is 0 Å². The van der Waals surface area contributed by atoms with Crippen LogP contribution >= 0.6 is 0 Å². The molecule has 1 fully saturated rings. The second-order valence-corrected chi connectivity index (χ2v) is 4.35. The number of ketones is 1. The van der Waals surface area contributed by atoms with Crippen molar-refractivity contribution in [3.05, 3.63) is 23.3 Å². The van der Waals surface area contributed by atoms with Gasteiger partial charge in [0.05, 0.1) is 5.56 Å². The van der Waals surface area contributed by atoms with Gasteiger partial charge in [-0.15, -0.1) is 0 Å². The molecule has 1 aromatic carbocycles. The van der Waals surface area contributed by atoms with Gasteiger partial charge in [-0.05, 0) is 31.4 Å². The van der Waals surface area contributed by atoms with Gasteiger partial charge in [0.1, 0.15) is 11.5 Å². The molecular formula is C13H16O3. The average molecular weight is 220 g/mol. The Balaban J connectivity index is 2.38. The van der Waals surface area contributed by atoms with Crippen molar-refractivity contribution in [2.75, 3.05) is 0 Å². The summed E-state index contributed by atoms with van der Waals surface area (Å²) in [5.41, 5.74) is 0.859. The topological polar surface area (TPSA) is 57.5 Å². The van der Waals surface area contributed by atoms with E-state index in [0.717, 1.165) is 19.3 Å². The summed E-state index contributed by atoms with van der Waals surface area (Å²) in [5, 5.41) is 19.6. The molecule has 2 rings (SSSR count). The zero-order valence-corrected chi connectivity index (χ0v) is 9.36. The minimum absolute atomic E-state index is 0.00912. The number of carbonyl (C=O) groups excluding carboxylic acids is 1. The molecule has 0 bridgehead atoms. The van der Waals surface area contributed by atoms with Crippen LogP contribution in [0.15, 0.2) is 12.1 Å². The van der Waals surface area contributed by atoms with Crippen molar-refractivity contribution in [1.29, 1.82) is 0 Å². The number of phenols is 2. The van der Waals surface area contributed by atoms with Gasteiger partial charge in [-0.3, -0.25) is 4.79 Å². The van der Waals surface area contributed by atoms with Gasteiger partial charge in [0, 0.05) is 11.5 Å². The molecule has 1 aliphatic carbocycles. The molecular weight excluding hydrogens is 204 g/mol. The molecule has 1 aliphatic rings. The zero-order valence-electron chi connectivity index (χ0n) is 9.36. The second-order valence-electron chi connectivity index (χ2n) is 4.35. The Morgan fingerprint density at radius 1 is 1.38 bits per heavy atom. The van der Waals surface area contributed by atoms with E-state index in [1.807, 2.05) is 6.92 Å². The molecule has 1 aromatic rings. The van der Waals surface area contributed by atoms with E-state index in [1.165, 1.54) is 12.1 Å². The number of carbonyl (C=O) groups is 1. The van der Waals surface area contributed by atoms with Gasteiger partial charge < -0.3 is 10.2 Å². The van der Waals surface area contributed by atoms with Gasteiger partial charge in [0.25, 0.3) is 0 Å². The number of aromatic hydroxyl groups is 2. The van der Waals surface area contributed by atoms with Crippen LogP contribution in [0.2, 0.25) is 0 Å². The lowest BCUT2D eigenvalue weighted by Gasteiger charge is -2.10. The van der Waals surface area contributed by atoms with Crippen molar-refractivity contribution < 1.29 is 15.0 Å². The number of hydrogen-bond acceptors (Lipinski definition) is 3. The van der Waals surface area contributed by atoms with Crippen molar-refractivity contribution in [3.63, 3.8) is 0 Å². The van der Waals surface area contributed by atoms with E-state index >= 15 is 0 Å². The van der Waals surface area contributed by atoms with Crippen LogP contribution in [0.25, 0.3) is 0 Å². The van der Waals surface area contributed by atoms with Gasteiger partial charge in [0.15, 0.2) is 5.78 Å². The summed E-state index contributed by atoms with van der Waals surface area (Å²) in [5.74, 6) is 0.144. The van der Waals surface area contributed by atoms with E-state index in [-0.39, 0.29) is 23.2 Å². The molecule has 0 heterocycles. The van der Waals surface area contributed by atoms with Crippen LogP contribution in [-0.2, 0) is 6.42 Å². The zero-order chi connectivity index (χ0) is 11.7. The maximum absolute atomic E-state index is 11.9. The standard InChI is InChI=1S/C13H16O3/c1-2-3-9-11(14)7-6-10(13(9)16)12(15)8-4-5-8/h6-8,14,16H,2-5H2,1H3. The Bertz CT molecular complexity index is 419. The third-order valence-corrected chi connectivity index (χ3v) is 2.97. The number of hydrogen-bond donors (Lipinski definition) is 2. The van der Waals surface area contributed by atoms with Crippen molar-refractivity contribution in [3.8, 4) is 11.5 Å². The molecule has 0 aliphatic heterocycles. The average Bonchev–Trinajstić information content (AvgIpc) is 3.07. The Labute approximate surface area is 94.7 Å². The molecule has 86 valence electrons. The lowest BCUT2D eigenvalue weighted by molar-refractivity contribution is 0.0965. The lowest BCUT2D eigenvalue weighted by atomic mass is 9.99. The fourth-order valence-electron chi connectivity index (χ4n) is 1.89. The molecule has 16 heavy (non-hydrogen) atoms. The highest BCUT2D eigenvalue weighted by atomic mass is 16.3. The minimum atomic E-state index is -0.0289. The maximum atomic E-state index is 11.9. The maximum Gasteiger partial charge on any atom is 0.169 e. The first kappa shape index (κ1) is 11.0. The van der Waals surface area contributed by atoms with Crippen molar-refractivity contribution >= 4 is 5.78 Å². The summed E-state index contributed by atoms with van der Waals surface area (Å²) < 4.78 is 0. The summed E-state index contributed by atoms with van der Waals surface area (Å²) in [6.45, 7) is 1.97. The Morgan fingerprint density at radius 3 is 2.62 bits per heavy atom. The van der Waals surface area contributed by atoms with Crippen molar-refractivity contribution in [2.45, 2.75) is 32.6 Å². The highest BCUT2D eigenvalue weighted by Crippen LogP contribution is 2.38. The first-order chi connectivity index (χ1) is 7.65. The molecule has 0 atom stereocenters. The van der Waals surface area contributed by atoms with E-state index in [2.05, 4.69) is 0 Å². The Morgan fingerprint density at radius 2 is 2.06 bits per heavy atom. The highest BCUT2D eigenvalue weighted by molar-refractivity contribution is 6.02. The van der Waals surface area contributed by atoms with Crippen molar-refractivity contribution in [2.24, 2.45) is 5.92 Å². The van der Waals surface area contributed by atoms with Crippen LogP contribution in [0.3, 0.4) is 0 Å². The first-order valence-corrected chi connectivity index (χ1v) is 5.73. The first-order valence-electron chi connectivity index (χ1n) is 5.73. The van der Waals surface area contributed by atoms with Gasteiger partial charge in [-0.1, -0.05) is 13.3 Å². The third-order valence-electron chi connectivity index (χ3n) is 2.97. The molecule has 0 saturated heterocycles. The van der Waals surface area contributed by atoms with Gasteiger partial charge in [-0.2, -0.15) is 0 Å². The summed E-state index contributed by atoms with van der Waals surface area (Å²) in [6.07, 6.45) is 3.25. The molecule has 0 aromatic heterocycles. The van der Waals surface area contributed by atoms with E-state index < -0.39 is 0 Å². The minimum Gasteiger partial charge on any atom is -0.508 e. The summed E-state index contributed by atoms with van der Waals surface area (Å²) >= 11 is 0. The summed E-state index contributed by atoms with van der Waals surface area (Å²) in [7, 11) is 0. The number of phenolic OH excluding ortho intramolecular Hbond substituents is 2. The fourth-order valence-corrected chi connectivity index (χ4v) is 1.89. The van der Waals surface area contributed by atoms with Crippen molar-refractivity contribution in [1.82, 2.24) is 0 Å². The number of benzene rings is 1. The van der Waals surface area contributed by atoms with Crippen LogP contribution < -0.4 is 0 Å². The molecule has 3 heteroatoms. The number of Topliss-reactive ketones (excluding diaryl/α,β-unsaturated/α-hetero) is 1. The lowest BCUT2D eigenvalue weighted by Crippen LogP contribution is -2.03. The molecule has 0 radical (unpaired) electrons. The molecule has 0 unspecified atom stereocenters. The summed E-state index contributed by atoms with van der Waals surface area (Å²) in [6, 6.07) is 3.02. The van der Waals surface area contributed by atoms with Crippen LogP contribution in [-0.4, -0.2) is 16.0 Å². The molecule has 2 N–H and O–H groups in total. The SMILES string of the molecule is CCCc1c(O)ccc(C(=O)C2CC2)c1O. The summed E-state index contributed by atoms with van der Waals surface area (Å²) in [4.78, 5) is 11.9. The van der Waals surface area contributed by atoms with Crippen LogP contribution in [0.1, 0.15) is 42.1 Å². The molecule has 0 spiro atoms. The monoisotopic (exact) mass is 220 g/mol. The predicted molar refractivity (Wildman–Crippen MR) is 60.8 cm³/mol. The smallest absolute Gasteiger partial charge is 0.169 e. The molecule has 3 nitrogen and oxygen atoms in total. The van der Waals surface area contributed by atoms with Crippen LogP contribution in [0.4, 0.5) is 0 Å². The number of rotatable bonds is 4. The quantitative estimate of drug-likeness (QED) is 0.767. The second kappa shape index (κ2) is 4.16. The van der Waals surface area contributed by atoms with E-state index in [9.17, 15) is 15.0 Å². The van der Waals surface area contributed by atoms with Crippen LogP contribution in [0.5, 0.6) is 11.5 Å². The van der Waals surface area contributed by atoms with E-state index in [4.69, 9.17) is 0 Å². The normalized spacial score (nSPS) is 15.1. The van der Waals surface area contributed by atoms with Gasteiger partial charge in [0.2, 0.25) is 0 Å². The highest BCUT2D eigenvalue weighted by Gasteiger charge is 2.32. The third kappa shape index (κ3) is 1.90. The molecule has 0 amide bonds.